The van der Waals surface area contributed by atoms with Crippen molar-refractivity contribution < 1.29 is 4.79 Å². The number of hydrogen-bond donors (Lipinski definition) is 2. The van der Waals surface area contributed by atoms with Crippen LogP contribution < -0.4 is 10.6 Å². The molecule has 4 bridgehead atoms. The molecule has 1 saturated heterocycles. The first kappa shape index (κ1) is 14.0. The van der Waals surface area contributed by atoms with Gasteiger partial charge in [-0.2, -0.15) is 0 Å². The number of nitrogens with one attached hydrogen (secondary N) is 2. The summed E-state index contributed by atoms with van der Waals surface area (Å²) in [4.78, 5) is 12.7. The molecule has 1 heterocycles. The van der Waals surface area contributed by atoms with E-state index in [9.17, 15) is 4.79 Å². The van der Waals surface area contributed by atoms with Gasteiger partial charge < -0.3 is 10.6 Å². The lowest BCUT2D eigenvalue weighted by Crippen LogP contribution is -2.59. The molecule has 5 rings (SSSR count). The topological polar surface area (TPSA) is 41.1 Å². The van der Waals surface area contributed by atoms with Crippen LogP contribution in [-0.2, 0) is 4.79 Å². The Morgan fingerprint density at radius 3 is 2.33 bits per heavy atom. The first-order valence-corrected chi connectivity index (χ1v) is 9.26. The second-order valence-electron chi connectivity index (χ2n) is 8.27. The van der Waals surface area contributed by atoms with Crippen molar-refractivity contribution in [1.29, 1.82) is 0 Å². The van der Waals surface area contributed by atoms with E-state index in [0.717, 1.165) is 42.6 Å². The van der Waals surface area contributed by atoms with E-state index in [0.29, 0.717) is 11.9 Å². The first-order valence-electron chi connectivity index (χ1n) is 9.26. The van der Waals surface area contributed by atoms with Crippen molar-refractivity contribution in [3.05, 3.63) is 0 Å². The lowest BCUT2D eigenvalue weighted by atomic mass is 9.54. The molecule has 4 aliphatic carbocycles. The Morgan fingerprint density at radius 2 is 1.71 bits per heavy atom. The minimum absolute atomic E-state index is 0.0703. The molecule has 0 aromatic heterocycles. The number of rotatable bonds is 3. The summed E-state index contributed by atoms with van der Waals surface area (Å²) in [5, 5.41) is 6.92. The van der Waals surface area contributed by atoms with Gasteiger partial charge >= 0.3 is 0 Å². The Labute approximate surface area is 128 Å². The van der Waals surface area contributed by atoms with Gasteiger partial charge in [-0.05, 0) is 81.1 Å². The lowest BCUT2D eigenvalue weighted by Gasteiger charge is -2.54. The standard InChI is InChI=1S/C18H30N2O/c1-2-11-3-4-19-16(10-11)18(21)20-17-14-6-12-5-13(8-14)9-15(17)7-12/h11-17,19H,2-10H2,1H3,(H,20,21). The molecule has 1 amide bonds. The number of carbonyl (C=O) groups excluding carboxylic acids is 1. The zero-order valence-electron chi connectivity index (χ0n) is 13.3. The van der Waals surface area contributed by atoms with Crippen molar-refractivity contribution >= 4 is 5.91 Å². The van der Waals surface area contributed by atoms with E-state index in [1.54, 1.807) is 0 Å². The summed E-state index contributed by atoms with van der Waals surface area (Å²) in [7, 11) is 0. The Morgan fingerprint density at radius 1 is 1.05 bits per heavy atom. The molecule has 3 heteroatoms. The van der Waals surface area contributed by atoms with Gasteiger partial charge in [-0.3, -0.25) is 4.79 Å². The van der Waals surface area contributed by atoms with Gasteiger partial charge in [-0.15, -0.1) is 0 Å². The van der Waals surface area contributed by atoms with Crippen LogP contribution in [0.25, 0.3) is 0 Å². The highest BCUT2D eigenvalue weighted by atomic mass is 16.2. The van der Waals surface area contributed by atoms with Crippen LogP contribution in [0.1, 0.15) is 58.3 Å². The Bertz CT molecular complexity index is 380. The fraction of sp³-hybridized carbons (Fsp3) is 0.944. The number of carbonyl (C=O) groups is 1. The molecule has 0 aromatic rings. The SMILES string of the molecule is CCC1CCNC(C(=O)NC2C3CC4CC(C3)CC2C4)C1. The van der Waals surface area contributed by atoms with E-state index < -0.39 is 0 Å². The van der Waals surface area contributed by atoms with Gasteiger partial charge in [0.2, 0.25) is 5.91 Å². The molecule has 1 aliphatic heterocycles. The zero-order chi connectivity index (χ0) is 14.4. The quantitative estimate of drug-likeness (QED) is 0.839. The fourth-order valence-electron chi connectivity index (χ4n) is 5.99. The van der Waals surface area contributed by atoms with Gasteiger partial charge in [0.1, 0.15) is 0 Å². The van der Waals surface area contributed by atoms with Crippen molar-refractivity contribution in [2.24, 2.45) is 29.6 Å². The molecule has 3 nitrogen and oxygen atoms in total. The van der Waals surface area contributed by atoms with Crippen LogP contribution in [0.4, 0.5) is 0 Å². The fourth-order valence-corrected chi connectivity index (χ4v) is 5.99. The lowest BCUT2D eigenvalue weighted by molar-refractivity contribution is -0.128. The van der Waals surface area contributed by atoms with Gasteiger partial charge in [-0.25, -0.2) is 0 Å². The minimum Gasteiger partial charge on any atom is -0.351 e. The Kier molecular flexibility index (Phi) is 3.72. The molecule has 0 spiro atoms. The largest absolute Gasteiger partial charge is 0.351 e. The molecule has 0 aromatic carbocycles. The van der Waals surface area contributed by atoms with Gasteiger partial charge in [0.15, 0.2) is 0 Å². The first-order chi connectivity index (χ1) is 10.2. The molecule has 2 unspecified atom stereocenters. The van der Waals surface area contributed by atoms with Crippen molar-refractivity contribution in [3.8, 4) is 0 Å². The van der Waals surface area contributed by atoms with E-state index in [-0.39, 0.29) is 6.04 Å². The third kappa shape index (κ3) is 2.62. The highest BCUT2D eigenvalue weighted by Crippen LogP contribution is 2.53. The second kappa shape index (κ2) is 5.57. The highest BCUT2D eigenvalue weighted by Gasteiger charge is 2.48. The highest BCUT2D eigenvalue weighted by molar-refractivity contribution is 5.82. The molecule has 5 fully saturated rings. The van der Waals surface area contributed by atoms with Gasteiger partial charge in [0.25, 0.3) is 0 Å². The number of amides is 1. The average molecular weight is 290 g/mol. The molecule has 0 radical (unpaired) electrons. The summed E-state index contributed by atoms with van der Waals surface area (Å²) in [5.41, 5.74) is 0. The second-order valence-corrected chi connectivity index (χ2v) is 8.27. The summed E-state index contributed by atoms with van der Waals surface area (Å²) < 4.78 is 0. The van der Waals surface area contributed by atoms with E-state index >= 15 is 0 Å². The van der Waals surface area contributed by atoms with Crippen LogP contribution in [0.2, 0.25) is 0 Å². The normalized spacial score (nSPS) is 48.3. The van der Waals surface area contributed by atoms with E-state index in [2.05, 4.69) is 17.6 Å². The predicted octanol–water partition coefficient (Wildman–Crippen LogP) is 2.71. The van der Waals surface area contributed by atoms with Crippen LogP contribution in [-0.4, -0.2) is 24.5 Å². The van der Waals surface area contributed by atoms with Gasteiger partial charge in [0, 0.05) is 6.04 Å². The van der Waals surface area contributed by atoms with E-state index in [1.165, 1.54) is 44.9 Å². The molecule has 2 atom stereocenters. The summed E-state index contributed by atoms with van der Waals surface area (Å²) in [5.74, 6) is 4.58. The third-order valence-electron chi connectivity index (χ3n) is 6.94. The molecule has 21 heavy (non-hydrogen) atoms. The van der Waals surface area contributed by atoms with Crippen molar-refractivity contribution in [2.75, 3.05) is 6.54 Å². The maximum atomic E-state index is 12.7. The summed E-state index contributed by atoms with van der Waals surface area (Å²) >= 11 is 0. The van der Waals surface area contributed by atoms with Crippen LogP contribution in [0.5, 0.6) is 0 Å². The van der Waals surface area contributed by atoms with E-state index in [4.69, 9.17) is 0 Å². The van der Waals surface area contributed by atoms with Crippen LogP contribution in [0.15, 0.2) is 0 Å². The number of hydrogen-bond acceptors (Lipinski definition) is 2. The summed E-state index contributed by atoms with van der Waals surface area (Å²) in [6, 6.07) is 0.565. The minimum atomic E-state index is 0.0703. The average Bonchev–Trinajstić information content (AvgIpc) is 2.50. The molecular weight excluding hydrogens is 260 g/mol. The number of piperidine rings is 1. The monoisotopic (exact) mass is 290 g/mol. The van der Waals surface area contributed by atoms with Crippen LogP contribution in [0.3, 0.4) is 0 Å². The molecule has 118 valence electrons. The zero-order valence-corrected chi connectivity index (χ0v) is 13.3. The Balaban J connectivity index is 1.38. The van der Waals surface area contributed by atoms with Crippen LogP contribution >= 0.6 is 0 Å². The molecule has 5 aliphatic rings. The van der Waals surface area contributed by atoms with E-state index in [1.807, 2.05) is 0 Å². The smallest absolute Gasteiger partial charge is 0.237 e. The maximum absolute atomic E-state index is 12.7. The molecule has 4 saturated carbocycles. The predicted molar refractivity (Wildman–Crippen MR) is 83.8 cm³/mol. The summed E-state index contributed by atoms with van der Waals surface area (Å²) in [6.45, 7) is 3.26. The Hall–Kier alpha value is -0.570. The van der Waals surface area contributed by atoms with Crippen molar-refractivity contribution in [1.82, 2.24) is 10.6 Å². The molecule has 2 N–H and O–H groups in total. The van der Waals surface area contributed by atoms with Gasteiger partial charge in [0.05, 0.1) is 6.04 Å². The van der Waals surface area contributed by atoms with Crippen molar-refractivity contribution in [2.45, 2.75) is 70.4 Å². The molecular formula is C18H30N2O. The van der Waals surface area contributed by atoms with Crippen LogP contribution in [0, 0.1) is 29.6 Å². The van der Waals surface area contributed by atoms with Gasteiger partial charge in [-0.1, -0.05) is 13.3 Å². The summed E-state index contributed by atoms with van der Waals surface area (Å²) in [6.07, 6.45) is 10.5. The maximum Gasteiger partial charge on any atom is 0.237 e. The van der Waals surface area contributed by atoms with Crippen molar-refractivity contribution in [3.63, 3.8) is 0 Å². The third-order valence-corrected chi connectivity index (χ3v) is 6.94.